The van der Waals surface area contributed by atoms with Gasteiger partial charge in [-0.05, 0) is 18.2 Å². The first-order valence-electron chi connectivity index (χ1n) is 5.35. The van der Waals surface area contributed by atoms with Gasteiger partial charge in [-0.3, -0.25) is 10.1 Å². The summed E-state index contributed by atoms with van der Waals surface area (Å²) >= 11 is 0. The molecular formula is C13H17N3O. The minimum atomic E-state index is -0.101. The van der Waals surface area contributed by atoms with E-state index in [-0.39, 0.29) is 12.5 Å². The third kappa shape index (κ3) is 4.58. The second kappa shape index (κ2) is 6.56. The molecule has 0 unspecified atom stereocenters. The first-order chi connectivity index (χ1) is 8.13. The lowest BCUT2D eigenvalue weighted by molar-refractivity contribution is -0.115. The number of hydrogen-bond donors (Lipinski definition) is 2. The molecule has 1 amide bonds. The highest BCUT2D eigenvalue weighted by molar-refractivity contribution is 5.92. The Bertz CT molecular complexity index is 421. The van der Waals surface area contributed by atoms with Gasteiger partial charge in [-0.1, -0.05) is 12.0 Å². The summed E-state index contributed by atoms with van der Waals surface area (Å²) in [4.78, 5) is 13.5. The van der Waals surface area contributed by atoms with Gasteiger partial charge < -0.3 is 10.2 Å². The van der Waals surface area contributed by atoms with Crippen LogP contribution < -0.4 is 15.5 Å². The van der Waals surface area contributed by atoms with Gasteiger partial charge >= 0.3 is 0 Å². The molecule has 0 radical (unpaired) electrons. The van der Waals surface area contributed by atoms with Crippen LogP contribution in [0.3, 0.4) is 0 Å². The van der Waals surface area contributed by atoms with E-state index in [1.807, 2.05) is 43.3 Å². The van der Waals surface area contributed by atoms with E-state index >= 15 is 0 Å². The maximum atomic E-state index is 11.5. The predicted molar refractivity (Wildman–Crippen MR) is 71.1 cm³/mol. The number of rotatable bonds is 5. The van der Waals surface area contributed by atoms with Crippen molar-refractivity contribution in [1.29, 1.82) is 0 Å². The second-order valence-corrected chi connectivity index (χ2v) is 3.80. The van der Waals surface area contributed by atoms with Gasteiger partial charge in [0.15, 0.2) is 0 Å². The summed E-state index contributed by atoms with van der Waals surface area (Å²) in [5.41, 5.74) is 1.82. The van der Waals surface area contributed by atoms with Crippen LogP contribution in [0, 0.1) is 12.3 Å². The number of anilines is 2. The molecule has 0 bridgehead atoms. The largest absolute Gasteiger partial charge is 0.378 e. The minimum absolute atomic E-state index is 0.101. The maximum Gasteiger partial charge on any atom is 0.238 e. The lowest BCUT2D eigenvalue weighted by atomic mass is 10.2. The number of hydrogen-bond acceptors (Lipinski definition) is 3. The van der Waals surface area contributed by atoms with Crippen LogP contribution in [0.4, 0.5) is 11.4 Å². The average molecular weight is 231 g/mol. The van der Waals surface area contributed by atoms with Crippen LogP contribution in [0.2, 0.25) is 0 Å². The van der Waals surface area contributed by atoms with Gasteiger partial charge in [-0.15, -0.1) is 6.42 Å². The molecule has 4 heteroatoms. The molecular weight excluding hydrogens is 214 g/mol. The molecule has 0 fully saturated rings. The van der Waals surface area contributed by atoms with Crippen LogP contribution in [0.25, 0.3) is 0 Å². The number of amides is 1. The van der Waals surface area contributed by atoms with Crippen molar-refractivity contribution in [3.63, 3.8) is 0 Å². The van der Waals surface area contributed by atoms with Crippen molar-refractivity contribution in [2.45, 2.75) is 0 Å². The van der Waals surface area contributed by atoms with Crippen LogP contribution >= 0.6 is 0 Å². The van der Waals surface area contributed by atoms with Crippen molar-refractivity contribution in [2.75, 3.05) is 37.4 Å². The number of carbonyl (C=O) groups excluding carboxylic acids is 1. The normalized spacial score (nSPS) is 9.47. The highest BCUT2D eigenvalue weighted by Crippen LogP contribution is 2.16. The molecule has 1 aromatic rings. The van der Waals surface area contributed by atoms with Crippen molar-refractivity contribution in [3.05, 3.63) is 24.3 Å². The zero-order valence-corrected chi connectivity index (χ0v) is 10.2. The van der Waals surface area contributed by atoms with Crippen LogP contribution in [0.5, 0.6) is 0 Å². The minimum Gasteiger partial charge on any atom is -0.378 e. The van der Waals surface area contributed by atoms with Gasteiger partial charge in [0.1, 0.15) is 0 Å². The Kier molecular flexibility index (Phi) is 5.05. The third-order valence-electron chi connectivity index (χ3n) is 2.16. The van der Waals surface area contributed by atoms with Gasteiger partial charge in [0.25, 0.3) is 0 Å². The zero-order chi connectivity index (χ0) is 12.7. The van der Waals surface area contributed by atoms with E-state index in [1.54, 1.807) is 0 Å². The number of nitrogens with zero attached hydrogens (tertiary/aromatic N) is 1. The first kappa shape index (κ1) is 13.1. The maximum absolute atomic E-state index is 11.5. The van der Waals surface area contributed by atoms with Gasteiger partial charge in [-0.25, -0.2) is 0 Å². The molecule has 2 N–H and O–H groups in total. The lowest BCUT2D eigenvalue weighted by Gasteiger charge is -2.14. The fourth-order valence-corrected chi connectivity index (χ4v) is 1.32. The second-order valence-electron chi connectivity index (χ2n) is 3.80. The van der Waals surface area contributed by atoms with Crippen molar-refractivity contribution in [3.8, 4) is 12.3 Å². The Balaban J connectivity index is 2.54. The Morgan fingerprint density at radius 2 is 2.24 bits per heavy atom. The third-order valence-corrected chi connectivity index (χ3v) is 2.16. The number of carbonyl (C=O) groups is 1. The topological polar surface area (TPSA) is 44.4 Å². The number of benzene rings is 1. The van der Waals surface area contributed by atoms with Crippen LogP contribution in [0.1, 0.15) is 0 Å². The van der Waals surface area contributed by atoms with Crippen molar-refractivity contribution in [1.82, 2.24) is 5.32 Å². The van der Waals surface area contributed by atoms with E-state index < -0.39 is 0 Å². The lowest BCUT2D eigenvalue weighted by Crippen LogP contribution is -2.28. The quantitative estimate of drug-likeness (QED) is 0.585. The zero-order valence-electron chi connectivity index (χ0n) is 10.2. The highest BCUT2D eigenvalue weighted by Gasteiger charge is 2.02. The van der Waals surface area contributed by atoms with Gasteiger partial charge in [-0.2, -0.15) is 0 Å². The molecule has 4 nitrogen and oxygen atoms in total. The van der Waals surface area contributed by atoms with Crippen LogP contribution in [-0.2, 0) is 4.79 Å². The van der Waals surface area contributed by atoms with Crippen molar-refractivity contribution < 1.29 is 4.79 Å². The fraction of sp³-hybridized carbons (Fsp3) is 0.308. The molecule has 0 aliphatic carbocycles. The molecule has 0 heterocycles. The Hall–Kier alpha value is -1.99. The highest BCUT2D eigenvalue weighted by atomic mass is 16.1. The molecule has 0 spiro atoms. The molecule has 90 valence electrons. The van der Waals surface area contributed by atoms with Gasteiger partial charge in [0, 0.05) is 25.5 Å². The Labute approximate surface area is 102 Å². The first-order valence-corrected chi connectivity index (χ1v) is 5.35. The Morgan fingerprint density at radius 3 is 2.88 bits per heavy atom. The standard InChI is InChI=1S/C13H17N3O/c1-4-8-14-10-13(17)15-11-6-5-7-12(9-11)16(2)3/h1,5-7,9,14H,8,10H2,2-3H3,(H,15,17). The summed E-state index contributed by atoms with van der Waals surface area (Å²) in [7, 11) is 3.91. The van der Waals surface area contributed by atoms with Gasteiger partial charge in [0.05, 0.1) is 13.1 Å². The van der Waals surface area contributed by atoms with Crippen molar-refractivity contribution in [2.24, 2.45) is 0 Å². The fourth-order valence-electron chi connectivity index (χ4n) is 1.32. The predicted octanol–water partition coefficient (Wildman–Crippen LogP) is 0.914. The summed E-state index contributed by atoms with van der Waals surface area (Å²) in [5.74, 6) is 2.31. The van der Waals surface area contributed by atoms with E-state index in [4.69, 9.17) is 6.42 Å². The molecule has 0 saturated heterocycles. The molecule has 1 rings (SSSR count). The van der Waals surface area contributed by atoms with Crippen LogP contribution in [-0.4, -0.2) is 33.1 Å². The number of nitrogens with one attached hydrogen (secondary N) is 2. The Morgan fingerprint density at radius 1 is 1.47 bits per heavy atom. The molecule has 0 aliphatic heterocycles. The number of terminal acetylenes is 1. The van der Waals surface area contributed by atoms with Crippen molar-refractivity contribution >= 4 is 17.3 Å². The smallest absolute Gasteiger partial charge is 0.238 e. The molecule has 0 saturated carbocycles. The SMILES string of the molecule is C#CCNCC(=O)Nc1cccc(N(C)C)c1. The molecule has 0 atom stereocenters. The van der Waals surface area contributed by atoms with E-state index in [2.05, 4.69) is 16.6 Å². The van der Waals surface area contributed by atoms with Gasteiger partial charge in [0.2, 0.25) is 5.91 Å². The molecule has 0 aliphatic rings. The van der Waals surface area contributed by atoms with E-state index in [0.29, 0.717) is 6.54 Å². The van der Waals surface area contributed by atoms with Crippen LogP contribution in [0.15, 0.2) is 24.3 Å². The van der Waals surface area contributed by atoms with E-state index in [1.165, 1.54) is 0 Å². The summed E-state index contributed by atoms with van der Waals surface area (Å²) in [6.07, 6.45) is 5.07. The van der Waals surface area contributed by atoms with E-state index in [9.17, 15) is 4.79 Å². The molecule has 1 aromatic carbocycles. The molecule has 17 heavy (non-hydrogen) atoms. The average Bonchev–Trinajstić information content (AvgIpc) is 2.29. The molecule has 0 aromatic heterocycles. The summed E-state index contributed by atoms with van der Waals surface area (Å²) < 4.78 is 0. The summed E-state index contributed by atoms with van der Waals surface area (Å²) in [5, 5.41) is 5.63. The summed E-state index contributed by atoms with van der Waals surface area (Å²) in [6.45, 7) is 0.613. The summed E-state index contributed by atoms with van der Waals surface area (Å²) in [6, 6.07) is 7.65. The van der Waals surface area contributed by atoms with E-state index in [0.717, 1.165) is 11.4 Å². The monoisotopic (exact) mass is 231 g/mol.